The Morgan fingerprint density at radius 1 is 1.30 bits per heavy atom. The average molecular weight is 373 g/mol. The first kappa shape index (κ1) is 19.0. The molecule has 0 spiro atoms. The van der Waals surface area contributed by atoms with Gasteiger partial charge in [0.2, 0.25) is 0 Å². The number of hydrogen-bond acceptors (Lipinski definition) is 4. The summed E-state index contributed by atoms with van der Waals surface area (Å²) in [5.41, 5.74) is 2.50. The van der Waals surface area contributed by atoms with Crippen molar-refractivity contribution in [3.63, 3.8) is 0 Å². The van der Waals surface area contributed by atoms with Crippen LogP contribution in [0, 0.1) is 5.82 Å². The average Bonchev–Trinajstić information content (AvgIpc) is 2.68. The summed E-state index contributed by atoms with van der Waals surface area (Å²) in [5, 5.41) is 3.27. The molecule has 27 heavy (non-hydrogen) atoms. The quantitative estimate of drug-likeness (QED) is 0.645. The van der Waals surface area contributed by atoms with Gasteiger partial charge in [0.15, 0.2) is 12.8 Å². The number of aliphatic imine (C=N–C) groups is 1. The van der Waals surface area contributed by atoms with Crippen molar-refractivity contribution >= 4 is 5.96 Å². The van der Waals surface area contributed by atoms with Crippen LogP contribution >= 0.6 is 0 Å². The fraction of sp³-hybridized carbons (Fsp3) is 0.350. The first-order valence-corrected chi connectivity index (χ1v) is 8.68. The number of rotatable bonds is 5. The van der Waals surface area contributed by atoms with Gasteiger partial charge < -0.3 is 24.4 Å². The minimum Gasteiger partial charge on any atom is -0.496 e. The second-order valence-corrected chi connectivity index (χ2v) is 6.23. The number of nitrogens with zero attached hydrogens (tertiary/aromatic N) is 2. The lowest BCUT2D eigenvalue weighted by molar-refractivity contribution is -0.0173. The highest BCUT2D eigenvalue weighted by molar-refractivity contribution is 5.79. The molecule has 7 heteroatoms. The first-order valence-electron chi connectivity index (χ1n) is 8.68. The Morgan fingerprint density at radius 3 is 2.89 bits per heavy atom. The molecule has 144 valence electrons. The Labute approximate surface area is 158 Å². The van der Waals surface area contributed by atoms with E-state index in [0.29, 0.717) is 31.4 Å². The van der Waals surface area contributed by atoms with E-state index < -0.39 is 0 Å². The summed E-state index contributed by atoms with van der Waals surface area (Å²) in [4.78, 5) is 6.30. The molecule has 0 radical (unpaired) electrons. The molecule has 3 rings (SSSR count). The standard InChI is InChI=1S/C20H24FN3O3/c1-22-20(24(2)11-14-6-4-5-7-18(14)25-3)23-10-15-8-17(21)9-16-12-26-13-27-19(15)16/h4-9H,10-13H2,1-3H3,(H,22,23). The molecular formula is C20H24FN3O3. The van der Waals surface area contributed by atoms with Crippen LogP contribution in [-0.2, 0) is 24.4 Å². The molecule has 2 aromatic rings. The number of para-hydroxylation sites is 1. The largest absolute Gasteiger partial charge is 0.496 e. The van der Waals surface area contributed by atoms with Crippen molar-refractivity contribution in [3.8, 4) is 11.5 Å². The highest BCUT2D eigenvalue weighted by Crippen LogP contribution is 2.29. The molecule has 0 aliphatic carbocycles. The SMILES string of the molecule is CN=C(NCc1cc(F)cc2c1OCOC2)N(C)Cc1ccccc1OC. The van der Waals surface area contributed by atoms with E-state index in [0.717, 1.165) is 22.4 Å². The van der Waals surface area contributed by atoms with Crippen molar-refractivity contribution in [2.75, 3.05) is 28.0 Å². The summed E-state index contributed by atoms with van der Waals surface area (Å²) in [5.74, 6) is 1.88. The Kier molecular flexibility index (Phi) is 6.13. The van der Waals surface area contributed by atoms with E-state index in [2.05, 4.69) is 10.3 Å². The zero-order chi connectivity index (χ0) is 19.2. The van der Waals surface area contributed by atoms with Crippen LogP contribution in [-0.4, -0.2) is 38.9 Å². The van der Waals surface area contributed by atoms with Gasteiger partial charge in [-0.3, -0.25) is 4.99 Å². The lowest BCUT2D eigenvalue weighted by Crippen LogP contribution is -2.38. The fourth-order valence-corrected chi connectivity index (χ4v) is 3.11. The van der Waals surface area contributed by atoms with E-state index in [1.54, 1.807) is 14.2 Å². The van der Waals surface area contributed by atoms with Crippen molar-refractivity contribution < 1.29 is 18.6 Å². The number of ether oxygens (including phenoxy) is 3. The van der Waals surface area contributed by atoms with Crippen molar-refractivity contribution in [3.05, 3.63) is 58.9 Å². The first-order chi connectivity index (χ1) is 13.1. The smallest absolute Gasteiger partial charge is 0.193 e. The predicted molar refractivity (Wildman–Crippen MR) is 101 cm³/mol. The van der Waals surface area contributed by atoms with Crippen molar-refractivity contribution in [2.24, 2.45) is 4.99 Å². The Balaban J connectivity index is 1.70. The molecule has 1 aliphatic rings. The van der Waals surface area contributed by atoms with Crippen LogP contribution in [0.2, 0.25) is 0 Å². The van der Waals surface area contributed by atoms with Crippen LogP contribution in [0.15, 0.2) is 41.4 Å². The molecular weight excluding hydrogens is 349 g/mol. The van der Waals surface area contributed by atoms with Gasteiger partial charge in [-0.15, -0.1) is 0 Å². The van der Waals surface area contributed by atoms with E-state index >= 15 is 0 Å². The minimum atomic E-state index is -0.308. The molecule has 0 atom stereocenters. The van der Waals surface area contributed by atoms with Gasteiger partial charge in [-0.2, -0.15) is 0 Å². The minimum absolute atomic E-state index is 0.175. The van der Waals surface area contributed by atoms with Gasteiger partial charge in [-0.25, -0.2) is 4.39 Å². The molecule has 0 aromatic heterocycles. The van der Waals surface area contributed by atoms with E-state index in [4.69, 9.17) is 14.2 Å². The molecule has 0 unspecified atom stereocenters. The van der Waals surface area contributed by atoms with E-state index in [1.165, 1.54) is 12.1 Å². The summed E-state index contributed by atoms with van der Waals surface area (Å²) >= 11 is 0. The monoisotopic (exact) mass is 373 g/mol. The van der Waals surface area contributed by atoms with Gasteiger partial charge in [0.05, 0.1) is 13.7 Å². The number of nitrogens with one attached hydrogen (secondary N) is 1. The van der Waals surface area contributed by atoms with E-state index in [1.807, 2.05) is 36.2 Å². The number of benzene rings is 2. The lowest BCUT2D eigenvalue weighted by Gasteiger charge is -2.25. The van der Waals surface area contributed by atoms with Gasteiger partial charge in [0.25, 0.3) is 0 Å². The molecule has 1 N–H and O–H groups in total. The highest BCUT2D eigenvalue weighted by atomic mass is 19.1. The number of halogens is 1. The molecule has 0 saturated heterocycles. The third-order valence-electron chi connectivity index (χ3n) is 4.36. The Bertz CT molecular complexity index is 826. The third kappa shape index (κ3) is 4.49. The van der Waals surface area contributed by atoms with Gasteiger partial charge in [-0.05, 0) is 18.2 Å². The number of guanidine groups is 1. The number of hydrogen-bond donors (Lipinski definition) is 1. The maximum absolute atomic E-state index is 13.9. The zero-order valence-electron chi connectivity index (χ0n) is 15.8. The van der Waals surface area contributed by atoms with Gasteiger partial charge in [0.1, 0.15) is 17.3 Å². The maximum Gasteiger partial charge on any atom is 0.193 e. The zero-order valence-corrected chi connectivity index (χ0v) is 15.8. The molecule has 6 nitrogen and oxygen atoms in total. The predicted octanol–water partition coefficient (Wildman–Crippen LogP) is 2.91. The highest BCUT2D eigenvalue weighted by Gasteiger charge is 2.18. The molecule has 0 amide bonds. The third-order valence-corrected chi connectivity index (χ3v) is 4.36. The molecule has 2 aromatic carbocycles. The van der Waals surface area contributed by atoms with E-state index in [9.17, 15) is 4.39 Å². The molecule has 1 aliphatic heterocycles. The second kappa shape index (κ2) is 8.73. The number of fused-ring (bicyclic) bond motifs is 1. The summed E-state index contributed by atoms with van der Waals surface area (Å²) in [6.07, 6.45) is 0. The molecule has 0 bridgehead atoms. The van der Waals surface area contributed by atoms with Gasteiger partial charge in [-0.1, -0.05) is 18.2 Å². The summed E-state index contributed by atoms with van der Waals surface area (Å²) in [6.45, 7) is 1.54. The van der Waals surface area contributed by atoms with Crippen LogP contribution in [0.25, 0.3) is 0 Å². The summed E-state index contributed by atoms with van der Waals surface area (Å²) in [7, 11) is 5.31. The Morgan fingerprint density at radius 2 is 2.11 bits per heavy atom. The van der Waals surface area contributed by atoms with Crippen molar-refractivity contribution in [1.29, 1.82) is 0 Å². The Hall–Kier alpha value is -2.80. The van der Waals surface area contributed by atoms with Gasteiger partial charge in [0, 0.05) is 43.9 Å². The topological polar surface area (TPSA) is 55.3 Å². The van der Waals surface area contributed by atoms with Gasteiger partial charge >= 0.3 is 0 Å². The summed E-state index contributed by atoms with van der Waals surface area (Å²) in [6, 6.07) is 10.8. The van der Waals surface area contributed by atoms with E-state index in [-0.39, 0.29) is 12.6 Å². The summed E-state index contributed by atoms with van der Waals surface area (Å²) < 4.78 is 30.1. The van der Waals surface area contributed by atoms with Crippen LogP contribution in [0.3, 0.4) is 0 Å². The maximum atomic E-state index is 13.9. The fourth-order valence-electron chi connectivity index (χ4n) is 3.11. The molecule has 0 saturated carbocycles. The van der Waals surface area contributed by atoms with Crippen LogP contribution < -0.4 is 14.8 Å². The van der Waals surface area contributed by atoms with Crippen LogP contribution in [0.5, 0.6) is 11.5 Å². The van der Waals surface area contributed by atoms with Crippen molar-refractivity contribution in [1.82, 2.24) is 10.2 Å². The van der Waals surface area contributed by atoms with Crippen LogP contribution in [0.1, 0.15) is 16.7 Å². The molecule has 1 heterocycles. The van der Waals surface area contributed by atoms with Crippen LogP contribution in [0.4, 0.5) is 4.39 Å². The van der Waals surface area contributed by atoms with Crippen molar-refractivity contribution in [2.45, 2.75) is 19.7 Å². The second-order valence-electron chi connectivity index (χ2n) is 6.23. The molecule has 0 fully saturated rings. The normalized spacial score (nSPS) is 13.6. The number of methoxy groups -OCH3 is 1. The lowest BCUT2D eigenvalue weighted by atomic mass is 10.1.